The van der Waals surface area contributed by atoms with Gasteiger partial charge >= 0.3 is 0 Å². The monoisotopic (exact) mass is 361 g/mol. The molecule has 0 aromatic carbocycles. The summed E-state index contributed by atoms with van der Waals surface area (Å²) in [7, 11) is 1.58. The summed E-state index contributed by atoms with van der Waals surface area (Å²) in [6, 6.07) is 0.301. The van der Waals surface area contributed by atoms with Crippen molar-refractivity contribution in [3.05, 3.63) is 0 Å². The summed E-state index contributed by atoms with van der Waals surface area (Å²) < 4.78 is 5.01. The van der Waals surface area contributed by atoms with Crippen LogP contribution < -0.4 is 5.32 Å². The molecule has 4 aliphatic rings. The number of amides is 1. The number of hydrogen-bond acceptors (Lipinski definition) is 3. The predicted molar refractivity (Wildman–Crippen MR) is 101 cm³/mol. The summed E-state index contributed by atoms with van der Waals surface area (Å²) in [6.07, 6.45) is 10.1. The largest absolute Gasteiger partial charge is 0.375 e. The van der Waals surface area contributed by atoms with Gasteiger partial charge in [0.2, 0.25) is 5.91 Å². The maximum absolute atomic E-state index is 12.1. The highest BCUT2D eigenvalue weighted by Gasteiger charge is 2.60. The van der Waals surface area contributed by atoms with E-state index < -0.39 is 0 Å². The lowest BCUT2D eigenvalue weighted by Gasteiger charge is -2.60. The zero-order valence-corrected chi connectivity index (χ0v) is 16.7. The lowest BCUT2D eigenvalue weighted by atomic mass is 9.45. The second-order valence-corrected chi connectivity index (χ2v) is 10.1. The van der Waals surface area contributed by atoms with E-state index in [-0.39, 0.29) is 17.9 Å². The quantitative estimate of drug-likeness (QED) is 0.833. The number of rotatable bonds is 3. The maximum atomic E-state index is 12.1. The molecule has 4 fully saturated rings. The summed E-state index contributed by atoms with van der Waals surface area (Å²) in [5.74, 6) is 3.43. The van der Waals surface area contributed by atoms with E-state index in [4.69, 9.17) is 4.74 Å². The number of ketones is 1. The van der Waals surface area contributed by atoms with Gasteiger partial charge in [-0.05, 0) is 79.4 Å². The summed E-state index contributed by atoms with van der Waals surface area (Å²) >= 11 is 0. The van der Waals surface area contributed by atoms with E-state index in [2.05, 4.69) is 19.2 Å². The number of nitrogens with one attached hydrogen (secondary N) is 1. The molecule has 1 N–H and O–H groups in total. The number of Topliss-reactive ketones (excluding diaryl/α,β-unsaturated/α-hetero) is 1. The Kier molecular flexibility index (Phi) is 4.70. The van der Waals surface area contributed by atoms with Gasteiger partial charge in [0.1, 0.15) is 12.4 Å². The Morgan fingerprint density at radius 1 is 1.08 bits per heavy atom. The molecule has 0 aromatic heterocycles. The van der Waals surface area contributed by atoms with Crippen LogP contribution in [-0.2, 0) is 14.3 Å². The van der Waals surface area contributed by atoms with Gasteiger partial charge in [-0.25, -0.2) is 0 Å². The van der Waals surface area contributed by atoms with Crippen LogP contribution >= 0.6 is 0 Å². The van der Waals surface area contributed by atoms with Gasteiger partial charge in [-0.2, -0.15) is 0 Å². The van der Waals surface area contributed by atoms with Crippen molar-refractivity contribution < 1.29 is 14.3 Å². The van der Waals surface area contributed by atoms with Crippen LogP contribution in [-0.4, -0.2) is 31.4 Å². The summed E-state index contributed by atoms with van der Waals surface area (Å²) in [5, 5.41) is 3.28. The molecule has 0 aromatic rings. The number of carbonyl (C=O) groups excluding carboxylic acids is 2. The normalized spacial score (nSPS) is 47.7. The first kappa shape index (κ1) is 18.5. The van der Waals surface area contributed by atoms with Gasteiger partial charge in [0.05, 0.1) is 0 Å². The fourth-order valence-corrected chi connectivity index (χ4v) is 7.65. The molecule has 2 unspecified atom stereocenters. The second-order valence-electron chi connectivity index (χ2n) is 10.1. The summed E-state index contributed by atoms with van der Waals surface area (Å²) in [4.78, 5) is 24.1. The van der Waals surface area contributed by atoms with Gasteiger partial charge in [0.15, 0.2) is 0 Å². The number of hydrogen-bond donors (Lipinski definition) is 1. The van der Waals surface area contributed by atoms with Crippen molar-refractivity contribution in [2.75, 3.05) is 13.7 Å². The van der Waals surface area contributed by atoms with E-state index in [0.29, 0.717) is 23.2 Å². The van der Waals surface area contributed by atoms with E-state index >= 15 is 0 Å². The standard InChI is InChI=1S/C22H35NO3/c1-21-10-8-15(24)12-14(21)4-5-16-17-6-7-19(23-20(25)13-26-3)22(17,2)11-9-18(16)21/h14,16-19H,4-13H2,1-3H3,(H,23,25)/t14?,16-,17-,18+,19?,21-,22-/m0/s1. The molecular formula is C22H35NO3. The summed E-state index contributed by atoms with van der Waals surface area (Å²) in [6.45, 7) is 5.09. The third kappa shape index (κ3) is 2.75. The summed E-state index contributed by atoms with van der Waals surface area (Å²) in [5.41, 5.74) is 0.605. The zero-order valence-electron chi connectivity index (χ0n) is 16.7. The van der Waals surface area contributed by atoms with Crippen molar-refractivity contribution in [3.63, 3.8) is 0 Å². The highest BCUT2D eigenvalue weighted by atomic mass is 16.5. The number of ether oxygens (including phenoxy) is 1. The van der Waals surface area contributed by atoms with E-state index in [1.54, 1.807) is 7.11 Å². The fraction of sp³-hybridized carbons (Fsp3) is 0.909. The molecule has 0 heterocycles. The van der Waals surface area contributed by atoms with Crippen LogP contribution in [0.4, 0.5) is 0 Å². The molecule has 4 heteroatoms. The van der Waals surface area contributed by atoms with Crippen molar-refractivity contribution in [2.45, 2.75) is 77.7 Å². The lowest BCUT2D eigenvalue weighted by molar-refractivity contribution is -0.139. The first-order chi connectivity index (χ1) is 12.4. The molecule has 0 saturated heterocycles. The number of carbonyl (C=O) groups is 2. The Morgan fingerprint density at radius 3 is 2.62 bits per heavy atom. The molecule has 4 rings (SSSR count). The molecule has 4 nitrogen and oxygen atoms in total. The van der Waals surface area contributed by atoms with Crippen LogP contribution in [0.1, 0.15) is 71.6 Å². The van der Waals surface area contributed by atoms with Crippen LogP contribution in [0.5, 0.6) is 0 Å². The molecule has 26 heavy (non-hydrogen) atoms. The van der Waals surface area contributed by atoms with Gasteiger partial charge in [0.25, 0.3) is 0 Å². The lowest BCUT2D eigenvalue weighted by Crippen LogP contribution is -2.56. The van der Waals surface area contributed by atoms with E-state index in [1.807, 2.05) is 0 Å². The van der Waals surface area contributed by atoms with E-state index in [9.17, 15) is 9.59 Å². The topological polar surface area (TPSA) is 55.4 Å². The maximum Gasteiger partial charge on any atom is 0.246 e. The smallest absolute Gasteiger partial charge is 0.246 e. The SMILES string of the molecule is COCC(=O)NC1CC[C@H]2[C@@H]3CCC4CC(=O)CC[C@]4(C)[C@@H]3CC[C@]12C. The Hall–Kier alpha value is -0.900. The molecule has 4 aliphatic carbocycles. The molecule has 0 bridgehead atoms. The van der Waals surface area contributed by atoms with E-state index in [1.165, 1.54) is 32.1 Å². The van der Waals surface area contributed by atoms with Gasteiger partial charge < -0.3 is 10.1 Å². The van der Waals surface area contributed by atoms with Crippen LogP contribution in [0.25, 0.3) is 0 Å². The van der Waals surface area contributed by atoms with Crippen molar-refractivity contribution in [1.82, 2.24) is 5.32 Å². The highest BCUT2D eigenvalue weighted by Crippen LogP contribution is 2.65. The van der Waals surface area contributed by atoms with Gasteiger partial charge in [-0.3, -0.25) is 9.59 Å². The molecule has 0 radical (unpaired) electrons. The number of fused-ring (bicyclic) bond motifs is 5. The van der Waals surface area contributed by atoms with Crippen molar-refractivity contribution >= 4 is 11.7 Å². The average Bonchev–Trinajstić information content (AvgIpc) is 2.92. The molecule has 146 valence electrons. The minimum atomic E-state index is 0.0305. The molecule has 7 atom stereocenters. The van der Waals surface area contributed by atoms with Gasteiger partial charge in [-0.1, -0.05) is 13.8 Å². The van der Waals surface area contributed by atoms with Crippen LogP contribution in [0.3, 0.4) is 0 Å². The Bertz CT molecular complexity index is 590. The van der Waals surface area contributed by atoms with Crippen LogP contribution in [0.2, 0.25) is 0 Å². The van der Waals surface area contributed by atoms with Gasteiger partial charge in [0, 0.05) is 26.0 Å². The Morgan fingerprint density at radius 2 is 1.85 bits per heavy atom. The van der Waals surface area contributed by atoms with Crippen molar-refractivity contribution in [3.8, 4) is 0 Å². The van der Waals surface area contributed by atoms with Crippen molar-refractivity contribution in [1.29, 1.82) is 0 Å². The Labute approximate surface area is 157 Å². The van der Waals surface area contributed by atoms with E-state index in [0.717, 1.165) is 43.4 Å². The zero-order chi connectivity index (χ0) is 18.5. The van der Waals surface area contributed by atoms with Crippen LogP contribution in [0, 0.1) is 34.5 Å². The first-order valence-electron chi connectivity index (χ1n) is 10.7. The molecule has 4 saturated carbocycles. The first-order valence-corrected chi connectivity index (χ1v) is 10.7. The molecule has 1 amide bonds. The fourth-order valence-electron chi connectivity index (χ4n) is 7.65. The molecular weight excluding hydrogens is 326 g/mol. The Balaban J connectivity index is 1.52. The van der Waals surface area contributed by atoms with Crippen molar-refractivity contribution in [2.24, 2.45) is 34.5 Å². The number of methoxy groups -OCH3 is 1. The van der Waals surface area contributed by atoms with Crippen LogP contribution in [0.15, 0.2) is 0 Å². The predicted octanol–water partition coefficient (Wildman–Crippen LogP) is 3.73. The molecule has 0 spiro atoms. The minimum Gasteiger partial charge on any atom is -0.375 e. The second kappa shape index (κ2) is 6.61. The van der Waals surface area contributed by atoms with Gasteiger partial charge in [-0.15, -0.1) is 0 Å². The third-order valence-corrected chi connectivity index (χ3v) is 9.09. The highest BCUT2D eigenvalue weighted by molar-refractivity contribution is 5.79. The minimum absolute atomic E-state index is 0.0305. The molecule has 0 aliphatic heterocycles. The third-order valence-electron chi connectivity index (χ3n) is 9.09. The average molecular weight is 362 g/mol.